The minimum atomic E-state index is 0.173. The fourth-order valence-electron chi connectivity index (χ4n) is 2.77. The number of nitriles is 1. The number of phenolic OH excluding ortho intramolecular Hbond substituents is 2. The number of rotatable bonds is 5. The van der Waals surface area contributed by atoms with Crippen LogP contribution in [-0.2, 0) is 6.54 Å². The van der Waals surface area contributed by atoms with Crippen LogP contribution in [0.3, 0.4) is 0 Å². The van der Waals surface area contributed by atoms with Gasteiger partial charge in [0.15, 0.2) is 0 Å². The molecule has 2 aromatic carbocycles. The Morgan fingerprint density at radius 1 is 0.960 bits per heavy atom. The largest absolute Gasteiger partial charge is 0.508 e. The average Bonchev–Trinajstić information content (AvgIpc) is 2.99. The van der Waals surface area contributed by atoms with E-state index in [-0.39, 0.29) is 11.5 Å². The standard InChI is InChI=1S/C20H19N3O2/c1-2-3-12-23-20(15-6-10-17(25)11-7-15)18(13-21)19(22-23)14-4-8-16(24)9-5-14/h4-11,24-25H,2-3,12H2,1H3. The van der Waals surface area contributed by atoms with Crippen LogP contribution in [0.2, 0.25) is 0 Å². The number of hydrogen-bond acceptors (Lipinski definition) is 4. The van der Waals surface area contributed by atoms with Gasteiger partial charge in [-0.2, -0.15) is 10.4 Å². The number of hydrogen-bond donors (Lipinski definition) is 2. The summed E-state index contributed by atoms with van der Waals surface area (Å²) in [5.41, 5.74) is 3.46. The predicted octanol–water partition coefficient (Wildman–Crippen LogP) is 4.30. The van der Waals surface area contributed by atoms with E-state index in [0.717, 1.165) is 29.7 Å². The normalized spacial score (nSPS) is 10.6. The lowest BCUT2D eigenvalue weighted by atomic mass is 10.0. The van der Waals surface area contributed by atoms with E-state index in [0.29, 0.717) is 17.8 Å². The Bertz CT molecular complexity index is 904. The Kier molecular flexibility index (Phi) is 4.71. The maximum Gasteiger partial charge on any atom is 0.115 e. The topological polar surface area (TPSA) is 82.1 Å². The molecule has 1 aromatic heterocycles. The van der Waals surface area contributed by atoms with Crippen molar-refractivity contribution in [3.05, 3.63) is 54.1 Å². The van der Waals surface area contributed by atoms with E-state index < -0.39 is 0 Å². The third kappa shape index (κ3) is 3.33. The van der Waals surface area contributed by atoms with E-state index in [1.807, 2.05) is 4.68 Å². The molecule has 0 aliphatic rings. The lowest BCUT2D eigenvalue weighted by Crippen LogP contribution is -2.02. The molecule has 0 atom stereocenters. The van der Waals surface area contributed by atoms with E-state index in [1.165, 1.54) is 0 Å². The highest BCUT2D eigenvalue weighted by Crippen LogP contribution is 2.33. The van der Waals surface area contributed by atoms with Crippen molar-refractivity contribution in [2.24, 2.45) is 0 Å². The Labute approximate surface area is 146 Å². The molecule has 1 heterocycles. The van der Waals surface area contributed by atoms with Gasteiger partial charge < -0.3 is 10.2 Å². The Morgan fingerprint density at radius 3 is 2.04 bits per heavy atom. The van der Waals surface area contributed by atoms with Crippen LogP contribution in [0.15, 0.2) is 48.5 Å². The number of aromatic hydroxyl groups is 2. The van der Waals surface area contributed by atoms with Crippen LogP contribution in [0.1, 0.15) is 25.3 Å². The van der Waals surface area contributed by atoms with Crippen LogP contribution in [-0.4, -0.2) is 20.0 Å². The average molecular weight is 333 g/mol. The molecule has 0 saturated carbocycles. The van der Waals surface area contributed by atoms with Gasteiger partial charge in [-0.1, -0.05) is 13.3 Å². The fraction of sp³-hybridized carbons (Fsp3) is 0.200. The molecule has 0 radical (unpaired) electrons. The second kappa shape index (κ2) is 7.10. The Morgan fingerprint density at radius 2 is 1.52 bits per heavy atom. The number of nitrogens with zero attached hydrogens (tertiary/aromatic N) is 3. The van der Waals surface area contributed by atoms with Crippen LogP contribution < -0.4 is 0 Å². The van der Waals surface area contributed by atoms with Gasteiger partial charge in [0.25, 0.3) is 0 Å². The van der Waals surface area contributed by atoms with E-state index in [4.69, 9.17) is 0 Å². The summed E-state index contributed by atoms with van der Waals surface area (Å²) in [4.78, 5) is 0. The third-order valence-electron chi connectivity index (χ3n) is 4.07. The molecule has 3 rings (SSSR count). The first-order valence-electron chi connectivity index (χ1n) is 8.23. The second-order valence-corrected chi connectivity index (χ2v) is 5.85. The summed E-state index contributed by atoms with van der Waals surface area (Å²) in [5.74, 6) is 0.354. The number of aromatic nitrogens is 2. The summed E-state index contributed by atoms with van der Waals surface area (Å²) in [5, 5.41) is 33.5. The molecule has 0 unspecified atom stereocenters. The predicted molar refractivity (Wildman–Crippen MR) is 96.1 cm³/mol. The SMILES string of the molecule is CCCCn1nc(-c2ccc(O)cc2)c(C#N)c1-c1ccc(O)cc1. The maximum absolute atomic E-state index is 9.77. The Balaban J connectivity index is 2.19. The molecular formula is C20H19N3O2. The zero-order chi connectivity index (χ0) is 17.8. The monoisotopic (exact) mass is 333 g/mol. The van der Waals surface area contributed by atoms with E-state index in [9.17, 15) is 15.5 Å². The van der Waals surface area contributed by atoms with Crippen molar-refractivity contribution in [1.29, 1.82) is 5.26 Å². The molecule has 25 heavy (non-hydrogen) atoms. The summed E-state index contributed by atoms with van der Waals surface area (Å²) in [6.07, 6.45) is 1.97. The molecule has 0 aliphatic carbocycles. The van der Waals surface area contributed by atoms with Gasteiger partial charge in [-0.05, 0) is 55.0 Å². The summed E-state index contributed by atoms with van der Waals surface area (Å²) in [6.45, 7) is 2.81. The first-order chi connectivity index (χ1) is 12.1. The zero-order valence-electron chi connectivity index (χ0n) is 14.0. The van der Waals surface area contributed by atoms with Crippen molar-refractivity contribution >= 4 is 0 Å². The van der Waals surface area contributed by atoms with Crippen LogP contribution >= 0.6 is 0 Å². The van der Waals surface area contributed by atoms with E-state index in [2.05, 4.69) is 18.1 Å². The molecule has 0 bridgehead atoms. The molecule has 2 N–H and O–H groups in total. The summed E-state index contributed by atoms with van der Waals surface area (Å²) >= 11 is 0. The minimum absolute atomic E-state index is 0.173. The van der Waals surface area contributed by atoms with Gasteiger partial charge in [0, 0.05) is 17.7 Å². The highest BCUT2D eigenvalue weighted by atomic mass is 16.3. The lowest BCUT2D eigenvalue weighted by molar-refractivity contribution is 0.475. The van der Waals surface area contributed by atoms with Crippen LogP contribution in [0.5, 0.6) is 11.5 Å². The molecular weight excluding hydrogens is 314 g/mol. The third-order valence-corrected chi connectivity index (χ3v) is 4.07. The van der Waals surface area contributed by atoms with Crippen molar-refractivity contribution in [3.8, 4) is 40.1 Å². The first kappa shape index (κ1) is 16.6. The summed E-state index contributed by atoms with van der Waals surface area (Å²) < 4.78 is 1.86. The number of benzene rings is 2. The van der Waals surface area contributed by atoms with E-state index in [1.54, 1.807) is 48.5 Å². The highest BCUT2D eigenvalue weighted by molar-refractivity contribution is 5.78. The second-order valence-electron chi connectivity index (χ2n) is 5.85. The zero-order valence-corrected chi connectivity index (χ0v) is 14.0. The van der Waals surface area contributed by atoms with Gasteiger partial charge in [-0.15, -0.1) is 0 Å². The van der Waals surface area contributed by atoms with Crippen molar-refractivity contribution in [1.82, 2.24) is 9.78 Å². The minimum Gasteiger partial charge on any atom is -0.508 e. The number of phenols is 2. The van der Waals surface area contributed by atoms with Gasteiger partial charge in [0.1, 0.15) is 28.8 Å². The summed E-state index contributed by atoms with van der Waals surface area (Å²) in [7, 11) is 0. The highest BCUT2D eigenvalue weighted by Gasteiger charge is 2.20. The number of aryl methyl sites for hydroxylation is 1. The molecule has 0 spiro atoms. The van der Waals surface area contributed by atoms with Gasteiger partial charge in [0.05, 0.1) is 5.69 Å². The first-order valence-corrected chi connectivity index (χ1v) is 8.23. The van der Waals surface area contributed by atoms with Gasteiger partial charge in [-0.3, -0.25) is 4.68 Å². The van der Waals surface area contributed by atoms with E-state index >= 15 is 0 Å². The molecule has 5 nitrogen and oxygen atoms in total. The quantitative estimate of drug-likeness (QED) is 0.729. The fourth-order valence-corrected chi connectivity index (χ4v) is 2.77. The molecule has 126 valence electrons. The van der Waals surface area contributed by atoms with Crippen molar-refractivity contribution in [2.75, 3.05) is 0 Å². The van der Waals surface area contributed by atoms with Crippen LogP contribution in [0.25, 0.3) is 22.5 Å². The molecule has 0 saturated heterocycles. The molecule has 3 aromatic rings. The van der Waals surface area contributed by atoms with Crippen LogP contribution in [0.4, 0.5) is 0 Å². The number of unbranched alkanes of at least 4 members (excludes halogenated alkanes) is 1. The van der Waals surface area contributed by atoms with Crippen molar-refractivity contribution in [3.63, 3.8) is 0 Å². The molecule has 5 heteroatoms. The lowest BCUT2D eigenvalue weighted by Gasteiger charge is -2.07. The maximum atomic E-state index is 9.77. The smallest absolute Gasteiger partial charge is 0.115 e. The van der Waals surface area contributed by atoms with Crippen molar-refractivity contribution in [2.45, 2.75) is 26.3 Å². The van der Waals surface area contributed by atoms with Gasteiger partial charge >= 0.3 is 0 Å². The molecule has 0 aliphatic heterocycles. The molecule has 0 fully saturated rings. The van der Waals surface area contributed by atoms with Gasteiger partial charge in [0.2, 0.25) is 0 Å². The molecule has 0 amide bonds. The van der Waals surface area contributed by atoms with Gasteiger partial charge in [-0.25, -0.2) is 0 Å². The van der Waals surface area contributed by atoms with Crippen LogP contribution in [0, 0.1) is 11.3 Å². The van der Waals surface area contributed by atoms with Crippen molar-refractivity contribution < 1.29 is 10.2 Å². The Hall–Kier alpha value is -3.26. The summed E-state index contributed by atoms with van der Waals surface area (Å²) in [6, 6.07) is 15.7.